The smallest absolute Gasteiger partial charge is 0.347 e. The third-order valence-corrected chi connectivity index (χ3v) is 5.95. The average Bonchev–Trinajstić information content (AvgIpc) is 2.73. The molecular weight excluding hydrogens is 446 g/mol. The molecule has 2 aromatic rings. The highest BCUT2D eigenvalue weighted by atomic mass is 32.2. The summed E-state index contributed by atoms with van der Waals surface area (Å²) in [6.07, 6.45) is 3.82. The fourth-order valence-corrected chi connectivity index (χ4v) is 4.35. The zero-order valence-corrected chi connectivity index (χ0v) is 20.1. The number of ether oxygens (including phenoxy) is 2. The third-order valence-electron chi connectivity index (χ3n) is 5.45. The van der Waals surface area contributed by atoms with Crippen LogP contribution in [0.3, 0.4) is 0 Å². The van der Waals surface area contributed by atoms with Gasteiger partial charge in [-0.2, -0.15) is 8.42 Å². The molecule has 8 nitrogen and oxygen atoms in total. The lowest BCUT2D eigenvalue weighted by Crippen LogP contribution is -2.41. The molecular formula is C24H31NO7S. The van der Waals surface area contributed by atoms with Crippen molar-refractivity contribution in [1.29, 1.82) is 0 Å². The number of nitrogens with zero attached hydrogens (tertiary/aromatic N) is 1. The standard InChI is InChI=1S/C24H31NO7S/c1-4-12-24(2,23(26)27)31-19-9-5-7-18(16-19)8-6-13-25-14-15-30-22-17-20(10-11-21(22)25)32-33(3,28)29/h5,7,9-11,16-17H,4,6,8,12-15H2,1-3H3,(H,26,27). The Hall–Kier alpha value is -2.94. The summed E-state index contributed by atoms with van der Waals surface area (Å²) < 4.78 is 39.2. The van der Waals surface area contributed by atoms with Gasteiger partial charge in [0.2, 0.25) is 5.60 Å². The van der Waals surface area contributed by atoms with Crippen molar-refractivity contribution in [1.82, 2.24) is 0 Å². The molecule has 1 heterocycles. The summed E-state index contributed by atoms with van der Waals surface area (Å²) in [6, 6.07) is 12.6. The largest absolute Gasteiger partial charge is 0.489 e. The number of hydrogen-bond donors (Lipinski definition) is 1. The molecule has 1 atom stereocenters. The second-order valence-electron chi connectivity index (χ2n) is 8.39. The number of carboxylic acid groups (broad SMARTS) is 1. The van der Waals surface area contributed by atoms with Gasteiger partial charge in [0.1, 0.15) is 23.9 Å². The Morgan fingerprint density at radius 3 is 2.70 bits per heavy atom. The van der Waals surface area contributed by atoms with Gasteiger partial charge in [0.15, 0.2) is 0 Å². The molecule has 0 saturated carbocycles. The lowest BCUT2D eigenvalue weighted by molar-refractivity contribution is -0.154. The predicted molar refractivity (Wildman–Crippen MR) is 126 cm³/mol. The molecule has 1 aliphatic heterocycles. The Bertz CT molecular complexity index is 1090. The third kappa shape index (κ3) is 6.77. The summed E-state index contributed by atoms with van der Waals surface area (Å²) in [5.74, 6) is 0.417. The molecule has 0 spiro atoms. The van der Waals surface area contributed by atoms with Crippen molar-refractivity contribution < 1.29 is 32.0 Å². The van der Waals surface area contributed by atoms with E-state index in [1.807, 2.05) is 31.2 Å². The molecule has 0 amide bonds. The minimum atomic E-state index is -3.60. The molecule has 0 aliphatic carbocycles. The number of anilines is 1. The van der Waals surface area contributed by atoms with Crippen molar-refractivity contribution in [2.45, 2.75) is 45.1 Å². The number of carboxylic acids is 1. The monoisotopic (exact) mass is 477 g/mol. The number of rotatable bonds is 11. The van der Waals surface area contributed by atoms with E-state index in [4.69, 9.17) is 13.7 Å². The fourth-order valence-electron chi connectivity index (χ4n) is 3.89. The second-order valence-corrected chi connectivity index (χ2v) is 9.97. The number of hydrogen-bond acceptors (Lipinski definition) is 7. The van der Waals surface area contributed by atoms with Crippen molar-refractivity contribution >= 4 is 21.8 Å². The Morgan fingerprint density at radius 1 is 1.21 bits per heavy atom. The number of fused-ring (bicyclic) bond motifs is 1. The molecule has 1 aliphatic rings. The summed E-state index contributed by atoms with van der Waals surface area (Å²) in [6.45, 7) is 5.56. The maximum atomic E-state index is 11.7. The lowest BCUT2D eigenvalue weighted by atomic mass is 10.0. The van der Waals surface area contributed by atoms with E-state index in [9.17, 15) is 18.3 Å². The van der Waals surface area contributed by atoms with Crippen LogP contribution < -0.4 is 18.6 Å². The Labute approximate surface area is 195 Å². The van der Waals surface area contributed by atoms with Crippen molar-refractivity contribution in [3.8, 4) is 17.2 Å². The van der Waals surface area contributed by atoms with Gasteiger partial charge >= 0.3 is 16.1 Å². The first-order valence-electron chi connectivity index (χ1n) is 11.0. The summed E-state index contributed by atoms with van der Waals surface area (Å²) in [4.78, 5) is 13.9. The number of aryl methyl sites for hydroxylation is 1. The van der Waals surface area contributed by atoms with Crippen molar-refractivity contribution in [3.63, 3.8) is 0 Å². The van der Waals surface area contributed by atoms with Crippen molar-refractivity contribution in [2.24, 2.45) is 0 Å². The van der Waals surface area contributed by atoms with Crippen LogP contribution in [0.2, 0.25) is 0 Å². The second kappa shape index (κ2) is 10.3. The van der Waals surface area contributed by atoms with Gasteiger partial charge in [-0.05, 0) is 56.0 Å². The minimum absolute atomic E-state index is 0.228. The van der Waals surface area contributed by atoms with Crippen LogP contribution >= 0.6 is 0 Å². The maximum Gasteiger partial charge on any atom is 0.347 e. The summed E-state index contributed by atoms with van der Waals surface area (Å²) in [5, 5.41) is 9.55. The topological polar surface area (TPSA) is 102 Å². The normalized spacial score (nSPS) is 15.2. The van der Waals surface area contributed by atoms with E-state index < -0.39 is 21.7 Å². The SMILES string of the molecule is CCCC(C)(Oc1cccc(CCCN2CCOc3cc(OS(C)(=O)=O)ccc32)c1)C(=O)O. The van der Waals surface area contributed by atoms with E-state index in [1.165, 1.54) is 0 Å². The van der Waals surface area contributed by atoms with Crippen LogP contribution in [0.5, 0.6) is 17.2 Å². The first-order valence-corrected chi connectivity index (χ1v) is 12.8. The van der Waals surface area contributed by atoms with E-state index in [0.29, 0.717) is 30.9 Å². The summed E-state index contributed by atoms with van der Waals surface area (Å²) in [7, 11) is -3.60. The molecule has 180 valence electrons. The average molecular weight is 478 g/mol. The maximum absolute atomic E-state index is 11.7. The van der Waals surface area contributed by atoms with Gasteiger partial charge in [0.05, 0.1) is 18.5 Å². The van der Waals surface area contributed by atoms with Gasteiger partial charge in [0, 0.05) is 12.6 Å². The number of carbonyl (C=O) groups is 1. The highest BCUT2D eigenvalue weighted by molar-refractivity contribution is 7.86. The van der Waals surface area contributed by atoms with Crippen molar-refractivity contribution in [3.05, 3.63) is 48.0 Å². The molecule has 2 aromatic carbocycles. The van der Waals surface area contributed by atoms with E-state index in [2.05, 4.69) is 4.90 Å². The first kappa shape index (κ1) is 24.7. The van der Waals surface area contributed by atoms with Gasteiger partial charge in [-0.25, -0.2) is 4.79 Å². The number of benzene rings is 2. The van der Waals surface area contributed by atoms with Crippen LogP contribution in [0.25, 0.3) is 0 Å². The van der Waals surface area contributed by atoms with Crippen molar-refractivity contribution in [2.75, 3.05) is 30.9 Å². The molecule has 1 unspecified atom stereocenters. The van der Waals surface area contributed by atoms with Crippen LogP contribution in [0.4, 0.5) is 5.69 Å². The lowest BCUT2D eigenvalue weighted by Gasteiger charge is -2.31. The van der Waals surface area contributed by atoms with Gasteiger partial charge in [0.25, 0.3) is 0 Å². The molecule has 0 aromatic heterocycles. The molecule has 0 bridgehead atoms. The van der Waals surface area contributed by atoms with Gasteiger partial charge in [-0.15, -0.1) is 0 Å². The molecule has 33 heavy (non-hydrogen) atoms. The van der Waals surface area contributed by atoms with E-state index >= 15 is 0 Å². The van der Waals surface area contributed by atoms with Crippen LogP contribution in [0, 0.1) is 0 Å². The Balaban J connectivity index is 1.61. The van der Waals surface area contributed by atoms with E-state index in [0.717, 1.165) is 43.4 Å². The quantitative estimate of drug-likeness (QED) is 0.487. The Kier molecular flexibility index (Phi) is 7.73. The molecule has 9 heteroatoms. The minimum Gasteiger partial charge on any atom is -0.489 e. The Morgan fingerprint density at radius 2 is 2.00 bits per heavy atom. The first-order chi connectivity index (χ1) is 15.6. The molecule has 0 radical (unpaired) electrons. The van der Waals surface area contributed by atoms with E-state index in [-0.39, 0.29) is 5.75 Å². The summed E-state index contributed by atoms with van der Waals surface area (Å²) in [5.41, 5.74) is 0.725. The molecule has 0 fully saturated rings. The van der Waals surface area contributed by atoms with Crippen LogP contribution in [0.15, 0.2) is 42.5 Å². The van der Waals surface area contributed by atoms with Gasteiger partial charge in [-0.3, -0.25) is 0 Å². The highest BCUT2D eigenvalue weighted by Gasteiger charge is 2.34. The van der Waals surface area contributed by atoms with Crippen LogP contribution in [-0.2, 0) is 21.3 Å². The molecule has 0 saturated heterocycles. The zero-order chi connectivity index (χ0) is 24.1. The van der Waals surface area contributed by atoms with Gasteiger partial charge in [-0.1, -0.05) is 25.5 Å². The van der Waals surface area contributed by atoms with Crippen LogP contribution in [0.1, 0.15) is 38.7 Å². The van der Waals surface area contributed by atoms with Crippen LogP contribution in [-0.4, -0.2) is 51.0 Å². The molecule has 3 rings (SSSR count). The predicted octanol–water partition coefficient (Wildman–Crippen LogP) is 3.88. The van der Waals surface area contributed by atoms with E-state index in [1.54, 1.807) is 25.1 Å². The zero-order valence-electron chi connectivity index (χ0n) is 19.2. The fraction of sp³-hybridized carbons (Fsp3) is 0.458. The number of aliphatic carboxylic acids is 1. The summed E-state index contributed by atoms with van der Waals surface area (Å²) >= 11 is 0. The van der Waals surface area contributed by atoms with Gasteiger partial charge < -0.3 is 23.7 Å². The highest BCUT2D eigenvalue weighted by Crippen LogP contribution is 2.35. The molecule has 1 N–H and O–H groups in total.